The molecule has 0 aliphatic carbocycles. The smallest absolute Gasteiger partial charge is 0.321 e. The van der Waals surface area contributed by atoms with Gasteiger partial charge in [0.2, 0.25) is 0 Å². The molecule has 5 nitrogen and oxygen atoms in total. The molecule has 0 saturated carbocycles. The van der Waals surface area contributed by atoms with Crippen LogP contribution in [0.1, 0.15) is 13.3 Å². The lowest BCUT2D eigenvalue weighted by Crippen LogP contribution is -2.41. The summed E-state index contributed by atoms with van der Waals surface area (Å²) in [5, 5.41) is 2.79. The van der Waals surface area contributed by atoms with E-state index in [9.17, 15) is 4.79 Å². The van der Waals surface area contributed by atoms with Crippen LogP contribution in [0.15, 0.2) is 24.3 Å². The summed E-state index contributed by atoms with van der Waals surface area (Å²) in [6.45, 7) is 3.60. The lowest BCUT2D eigenvalue weighted by atomic mass is 10.2. The molecule has 0 radical (unpaired) electrons. The maximum atomic E-state index is 12.0. The fourth-order valence-corrected chi connectivity index (χ4v) is 1.68. The summed E-state index contributed by atoms with van der Waals surface area (Å²) in [5.74, 6) is 0.681. The van der Waals surface area contributed by atoms with Crippen molar-refractivity contribution in [1.29, 1.82) is 0 Å². The van der Waals surface area contributed by atoms with E-state index in [4.69, 9.17) is 10.5 Å². The Balaban J connectivity index is 2.96. The van der Waals surface area contributed by atoms with Crippen molar-refractivity contribution in [3.63, 3.8) is 0 Å². The predicted octanol–water partition coefficient (Wildman–Crippen LogP) is 1.58. The van der Waals surface area contributed by atoms with E-state index in [2.05, 4.69) is 5.32 Å². The van der Waals surface area contributed by atoms with Gasteiger partial charge in [0, 0.05) is 13.1 Å². The molecule has 0 heterocycles. The SMILES string of the molecule is CCNC(=O)N(CCCN)c1ccccc1OC. The zero-order valence-corrected chi connectivity index (χ0v) is 11.0. The van der Waals surface area contributed by atoms with Crippen molar-refractivity contribution < 1.29 is 9.53 Å². The fourth-order valence-electron chi connectivity index (χ4n) is 1.68. The van der Waals surface area contributed by atoms with Gasteiger partial charge in [-0.3, -0.25) is 4.90 Å². The van der Waals surface area contributed by atoms with E-state index in [-0.39, 0.29) is 6.03 Å². The molecule has 0 bridgehead atoms. The molecule has 0 atom stereocenters. The third-order valence-corrected chi connectivity index (χ3v) is 2.53. The van der Waals surface area contributed by atoms with Crippen LogP contribution in [0.5, 0.6) is 5.75 Å². The minimum Gasteiger partial charge on any atom is -0.495 e. The molecule has 0 unspecified atom stereocenters. The van der Waals surface area contributed by atoms with Crippen molar-refractivity contribution in [2.24, 2.45) is 5.73 Å². The number of hydrogen-bond donors (Lipinski definition) is 2. The average Bonchev–Trinajstić information content (AvgIpc) is 2.40. The molecule has 2 amide bonds. The molecule has 5 heteroatoms. The highest BCUT2D eigenvalue weighted by Gasteiger charge is 2.17. The fraction of sp³-hybridized carbons (Fsp3) is 0.462. The summed E-state index contributed by atoms with van der Waals surface area (Å²) in [4.78, 5) is 13.7. The number of rotatable bonds is 6. The standard InChI is InChI=1S/C13H21N3O2/c1-3-15-13(17)16(10-6-9-14)11-7-4-5-8-12(11)18-2/h4-5,7-8H,3,6,9-10,14H2,1-2H3,(H,15,17). The third kappa shape index (κ3) is 3.63. The van der Waals surface area contributed by atoms with Crippen LogP contribution in [0, 0.1) is 0 Å². The van der Waals surface area contributed by atoms with Gasteiger partial charge in [0.25, 0.3) is 0 Å². The molecule has 3 N–H and O–H groups in total. The Morgan fingerprint density at radius 1 is 1.44 bits per heavy atom. The molecule has 0 aliphatic heterocycles. The molecule has 1 aromatic rings. The van der Waals surface area contributed by atoms with Gasteiger partial charge in [-0.05, 0) is 32.0 Å². The maximum absolute atomic E-state index is 12.0. The van der Waals surface area contributed by atoms with Gasteiger partial charge in [0.15, 0.2) is 0 Å². The topological polar surface area (TPSA) is 67.6 Å². The van der Waals surface area contributed by atoms with Gasteiger partial charge in [0.05, 0.1) is 12.8 Å². The summed E-state index contributed by atoms with van der Waals surface area (Å²) < 4.78 is 5.28. The molecular weight excluding hydrogens is 230 g/mol. The average molecular weight is 251 g/mol. The Morgan fingerprint density at radius 3 is 2.78 bits per heavy atom. The number of nitrogens with one attached hydrogen (secondary N) is 1. The first-order chi connectivity index (χ1) is 8.74. The number of methoxy groups -OCH3 is 1. The number of carbonyl (C=O) groups excluding carboxylic acids is 1. The second kappa shape index (κ2) is 7.55. The minimum absolute atomic E-state index is 0.129. The molecule has 18 heavy (non-hydrogen) atoms. The molecule has 1 rings (SSSR count). The zero-order valence-electron chi connectivity index (χ0n) is 11.0. The summed E-state index contributed by atoms with van der Waals surface area (Å²) in [7, 11) is 1.59. The summed E-state index contributed by atoms with van der Waals surface area (Å²) in [6.07, 6.45) is 0.745. The summed E-state index contributed by atoms with van der Waals surface area (Å²) in [5.41, 5.74) is 6.27. The highest BCUT2D eigenvalue weighted by molar-refractivity contribution is 5.93. The van der Waals surface area contributed by atoms with Crippen LogP contribution in [0.25, 0.3) is 0 Å². The van der Waals surface area contributed by atoms with Crippen LogP contribution >= 0.6 is 0 Å². The molecule has 1 aromatic carbocycles. The van der Waals surface area contributed by atoms with E-state index in [1.165, 1.54) is 0 Å². The van der Waals surface area contributed by atoms with Crippen molar-refractivity contribution >= 4 is 11.7 Å². The quantitative estimate of drug-likeness (QED) is 0.806. The molecule has 0 aliphatic rings. The highest BCUT2D eigenvalue weighted by atomic mass is 16.5. The van der Waals surface area contributed by atoms with Gasteiger partial charge in [-0.2, -0.15) is 0 Å². The van der Waals surface area contributed by atoms with Gasteiger partial charge in [-0.1, -0.05) is 12.1 Å². The molecule has 0 fully saturated rings. The molecule has 0 spiro atoms. The minimum atomic E-state index is -0.129. The monoisotopic (exact) mass is 251 g/mol. The maximum Gasteiger partial charge on any atom is 0.321 e. The van der Waals surface area contributed by atoms with E-state index in [1.54, 1.807) is 12.0 Å². The Hall–Kier alpha value is -1.75. The lowest BCUT2D eigenvalue weighted by molar-refractivity contribution is 0.246. The van der Waals surface area contributed by atoms with Gasteiger partial charge < -0.3 is 15.8 Å². The highest BCUT2D eigenvalue weighted by Crippen LogP contribution is 2.27. The van der Waals surface area contributed by atoms with Crippen LogP contribution in [-0.2, 0) is 0 Å². The van der Waals surface area contributed by atoms with E-state index in [1.807, 2.05) is 31.2 Å². The second-order valence-electron chi connectivity index (χ2n) is 3.80. The summed E-state index contributed by atoms with van der Waals surface area (Å²) in [6, 6.07) is 7.33. The van der Waals surface area contributed by atoms with Crippen molar-refractivity contribution in [2.45, 2.75) is 13.3 Å². The van der Waals surface area contributed by atoms with Gasteiger partial charge in [-0.15, -0.1) is 0 Å². The Kier molecular flexibility index (Phi) is 6.00. The van der Waals surface area contributed by atoms with Crippen molar-refractivity contribution in [1.82, 2.24) is 5.32 Å². The van der Waals surface area contributed by atoms with Gasteiger partial charge >= 0.3 is 6.03 Å². The number of anilines is 1. The number of carbonyl (C=O) groups is 1. The third-order valence-electron chi connectivity index (χ3n) is 2.53. The number of urea groups is 1. The first kappa shape index (κ1) is 14.3. The van der Waals surface area contributed by atoms with Crippen LogP contribution in [0.3, 0.4) is 0 Å². The van der Waals surface area contributed by atoms with Gasteiger partial charge in [0.1, 0.15) is 5.75 Å². The van der Waals surface area contributed by atoms with E-state index < -0.39 is 0 Å². The van der Waals surface area contributed by atoms with Crippen molar-refractivity contribution in [2.75, 3.05) is 31.6 Å². The number of para-hydroxylation sites is 2. The molecule has 0 aromatic heterocycles. The lowest BCUT2D eigenvalue weighted by Gasteiger charge is -2.24. The Bertz CT molecular complexity index is 382. The second-order valence-corrected chi connectivity index (χ2v) is 3.80. The number of ether oxygens (including phenoxy) is 1. The molecular formula is C13H21N3O2. The first-order valence-electron chi connectivity index (χ1n) is 6.13. The number of amides is 2. The number of nitrogens with zero attached hydrogens (tertiary/aromatic N) is 1. The van der Waals surface area contributed by atoms with Crippen LogP contribution < -0.4 is 20.7 Å². The van der Waals surface area contributed by atoms with E-state index in [0.29, 0.717) is 25.4 Å². The Morgan fingerprint density at radius 2 is 2.17 bits per heavy atom. The number of nitrogens with two attached hydrogens (primary N) is 1. The summed E-state index contributed by atoms with van der Waals surface area (Å²) >= 11 is 0. The van der Waals surface area contributed by atoms with Crippen LogP contribution in [0.2, 0.25) is 0 Å². The van der Waals surface area contributed by atoms with E-state index in [0.717, 1.165) is 12.1 Å². The van der Waals surface area contributed by atoms with Crippen molar-refractivity contribution in [3.8, 4) is 5.75 Å². The largest absolute Gasteiger partial charge is 0.495 e. The van der Waals surface area contributed by atoms with E-state index >= 15 is 0 Å². The predicted molar refractivity (Wildman–Crippen MR) is 73.1 cm³/mol. The normalized spacial score (nSPS) is 9.94. The zero-order chi connectivity index (χ0) is 13.4. The molecule has 100 valence electrons. The Labute approximate surface area is 108 Å². The van der Waals surface area contributed by atoms with Crippen molar-refractivity contribution in [3.05, 3.63) is 24.3 Å². The number of hydrogen-bond acceptors (Lipinski definition) is 3. The van der Waals surface area contributed by atoms with Gasteiger partial charge in [-0.25, -0.2) is 4.79 Å². The van der Waals surface area contributed by atoms with Crippen LogP contribution in [-0.4, -0.2) is 32.8 Å². The first-order valence-corrected chi connectivity index (χ1v) is 6.13. The molecule has 0 saturated heterocycles. The number of benzene rings is 1. The van der Waals surface area contributed by atoms with Crippen LogP contribution in [0.4, 0.5) is 10.5 Å².